The number of hydrogen-bond donors (Lipinski definition) is 1. The van der Waals surface area contributed by atoms with Gasteiger partial charge in [-0.05, 0) is 24.3 Å². The van der Waals surface area contributed by atoms with E-state index in [4.69, 9.17) is 5.41 Å². The van der Waals surface area contributed by atoms with Crippen molar-refractivity contribution < 1.29 is 26.3 Å². The van der Waals surface area contributed by atoms with E-state index in [1.807, 2.05) is 0 Å². The first-order chi connectivity index (χ1) is 10.1. The Morgan fingerprint density at radius 1 is 1.22 bits per heavy atom. The highest BCUT2D eigenvalue weighted by Crippen LogP contribution is 2.40. The average Bonchev–Trinajstić information content (AvgIpc) is 2.79. The molecule has 2 aliphatic rings. The summed E-state index contributed by atoms with van der Waals surface area (Å²) in [6, 6.07) is 4.74. The van der Waals surface area contributed by atoms with E-state index in [1.54, 1.807) is 4.90 Å². The minimum atomic E-state index is -4.76. The molecule has 0 amide bonds. The van der Waals surface area contributed by atoms with Crippen molar-refractivity contribution in [3.05, 3.63) is 24.3 Å². The molecule has 1 N–H and O–H groups in total. The van der Waals surface area contributed by atoms with Crippen molar-refractivity contribution in [3.8, 4) is 5.75 Å². The second-order valence-corrected chi connectivity index (χ2v) is 8.40. The van der Waals surface area contributed by atoms with E-state index in [1.165, 1.54) is 23.9 Å². The van der Waals surface area contributed by atoms with Gasteiger partial charge in [0.05, 0.1) is 17.5 Å². The number of anilines is 1. The second kappa shape index (κ2) is 6.17. The van der Waals surface area contributed by atoms with Crippen molar-refractivity contribution in [1.29, 1.82) is 5.41 Å². The molecule has 0 bridgehead atoms. The minimum Gasteiger partial charge on any atom is -0.406 e. The fraction of sp³-hybridized carbons (Fsp3) is 0.417. The normalized spacial score (nSPS) is 25.9. The molecule has 0 spiro atoms. The van der Waals surface area contributed by atoms with E-state index in [0.29, 0.717) is 5.69 Å². The lowest BCUT2D eigenvalue weighted by Gasteiger charge is -2.24. The number of benzene rings is 1. The fourth-order valence-corrected chi connectivity index (χ4v) is 6.41. The number of alkyl halides is 3. The summed E-state index contributed by atoms with van der Waals surface area (Å²) in [4.78, 5) is 1.55. The molecule has 2 saturated heterocycles. The van der Waals surface area contributed by atoms with E-state index in [-0.39, 0.29) is 50.7 Å². The third-order valence-electron chi connectivity index (χ3n) is 3.43. The molecule has 2 fully saturated rings. The van der Waals surface area contributed by atoms with Crippen LogP contribution >= 0.6 is 28.7 Å². The van der Waals surface area contributed by atoms with Crippen LogP contribution in [0.25, 0.3) is 0 Å². The topological polar surface area (TPSA) is 70.5 Å². The summed E-state index contributed by atoms with van der Waals surface area (Å²) in [5.74, 6) is -0.380. The van der Waals surface area contributed by atoms with Gasteiger partial charge in [0.25, 0.3) is 0 Å². The number of thioether (sulfide) groups is 1. The summed E-state index contributed by atoms with van der Waals surface area (Å²) in [5, 5.41) is 7.95. The molecule has 1 aromatic carbocycles. The van der Waals surface area contributed by atoms with E-state index in [0.717, 1.165) is 12.1 Å². The van der Waals surface area contributed by atoms with E-state index >= 15 is 0 Å². The second-order valence-electron chi connectivity index (χ2n) is 5.02. The Morgan fingerprint density at radius 2 is 1.83 bits per heavy atom. The van der Waals surface area contributed by atoms with Crippen LogP contribution in [0.15, 0.2) is 24.3 Å². The van der Waals surface area contributed by atoms with Gasteiger partial charge in [-0.3, -0.25) is 5.41 Å². The average molecular weight is 433 g/mol. The van der Waals surface area contributed by atoms with Gasteiger partial charge in [-0.2, -0.15) is 0 Å². The van der Waals surface area contributed by atoms with Crippen LogP contribution in [0, 0.1) is 5.41 Å². The van der Waals surface area contributed by atoms with Gasteiger partial charge in [0.1, 0.15) is 5.75 Å². The van der Waals surface area contributed by atoms with E-state index in [9.17, 15) is 21.6 Å². The Labute approximate surface area is 145 Å². The highest BCUT2D eigenvalue weighted by atomic mass is 79.9. The first-order valence-electron chi connectivity index (χ1n) is 6.25. The van der Waals surface area contributed by atoms with Crippen molar-refractivity contribution in [2.75, 3.05) is 16.4 Å². The number of sulfone groups is 1. The quantitative estimate of drug-likeness (QED) is 0.777. The minimum absolute atomic E-state index is 0. The lowest BCUT2D eigenvalue weighted by Crippen LogP contribution is -2.37. The number of rotatable bonds is 2. The van der Waals surface area contributed by atoms with Crippen LogP contribution in [0.2, 0.25) is 0 Å². The van der Waals surface area contributed by atoms with Crippen LogP contribution in [-0.2, 0) is 9.84 Å². The number of hydrogen-bond acceptors (Lipinski definition) is 5. The lowest BCUT2D eigenvalue weighted by molar-refractivity contribution is -0.274. The summed E-state index contributed by atoms with van der Waals surface area (Å²) < 4.78 is 63.5. The first kappa shape index (κ1) is 18.4. The maximum absolute atomic E-state index is 12.1. The summed E-state index contributed by atoms with van der Waals surface area (Å²) in [7, 11) is -3.13. The Bertz CT molecular complexity index is 709. The number of nitrogens with one attached hydrogen (secondary N) is 1. The van der Waals surface area contributed by atoms with Gasteiger partial charge in [-0.15, -0.1) is 30.2 Å². The predicted octanol–water partition coefficient (Wildman–Crippen LogP) is 2.82. The first-order valence-corrected chi connectivity index (χ1v) is 8.95. The smallest absolute Gasteiger partial charge is 0.406 e. The summed E-state index contributed by atoms with van der Waals surface area (Å²) in [6.45, 7) is 0. The van der Waals surface area contributed by atoms with Crippen LogP contribution < -0.4 is 9.64 Å². The Hall–Kier alpha value is -0.940. The molecule has 128 valence electrons. The number of halogens is 4. The standard InChI is InChI=1S/C12H11F3N2O3S2.BrH/c13-12(14,15)20-8-3-1-7(2-4-8)17-9-5-22(18,19)6-10(9)21-11(17)16;/h1-4,9-10,16H,5-6H2;1H. The molecule has 2 aliphatic heterocycles. The molecule has 23 heavy (non-hydrogen) atoms. The van der Waals surface area contributed by atoms with Crippen LogP contribution in [0.4, 0.5) is 18.9 Å². The molecule has 1 aromatic rings. The third-order valence-corrected chi connectivity index (χ3v) is 6.56. The van der Waals surface area contributed by atoms with Crippen molar-refractivity contribution >= 4 is 49.4 Å². The summed E-state index contributed by atoms with van der Waals surface area (Å²) >= 11 is 1.17. The van der Waals surface area contributed by atoms with E-state index in [2.05, 4.69) is 4.74 Å². The van der Waals surface area contributed by atoms with Gasteiger partial charge in [0.2, 0.25) is 0 Å². The monoisotopic (exact) mass is 432 g/mol. The van der Waals surface area contributed by atoms with Gasteiger partial charge in [0.15, 0.2) is 15.0 Å². The molecule has 0 aliphatic carbocycles. The summed E-state index contributed by atoms with van der Waals surface area (Å²) in [5.41, 5.74) is 0.483. The van der Waals surface area contributed by atoms with Crippen LogP contribution in [0.5, 0.6) is 5.75 Å². The molecule has 0 radical (unpaired) electrons. The number of ether oxygens (including phenoxy) is 1. The van der Waals surface area contributed by atoms with Crippen molar-refractivity contribution in [2.45, 2.75) is 17.7 Å². The molecule has 2 unspecified atom stereocenters. The molecule has 5 nitrogen and oxygen atoms in total. The van der Waals surface area contributed by atoms with Crippen LogP contribution in [0.3, 0.4) is 0 Å². The zero-order chi connectivity index (χ0) is 16.1. The molecule has 3 rings (SSSR count). The predicted molar refractivity (Wildman–Crippen MR) is 87.5 cm³/mol. The lowest BCUT2D eigenvalue weighted by atomic mass is 10.2. The van der Waals surface area contributed by atoms with E-state index < -0.39 is 16.2 Å². The molecule has 0 saturated carbocycles. The van der Waals surface area contributed by atoms with Gasteiger partial charge < -0.3 is 9.64 Å². The zero-order valence-corrected chi connectivity index (χ0v) is 14.8. The Morgan fingerprint density at radius 3 is 2.39 bits per heavy atom. The Balaban J connectivity index is 0.00000192. The van der Waals surface area contributed by atoms with Gasteiger partial charge in [0, 0.05) is 10.9 Å². The number of nitrogens with zero attached hydrogens (tertiary/aromatic N) is 1. The number of amidine groups is 1. The summed E-state index contributed by atoms with van der Waals surface area (Å²) in [6.07, 6.45) is -4.76. The van der Waals surface area contributed by atoms with Gasteiger partial charge >= 0.3 is 6.36 Å². The van der Waals surface area contributed by atoms with Crippen molar-refractivity contribution in [1.82, 2.24) is 0 Å². The maximum Gasteiger partial charge on any atom is 0.573 e. The fourth-order valence-electron chi connectivity index (χ4n) is 2.62. The highest BCUT2D eigenvalue weighted by molar-refractivity contribution is 8.93. The zero-order valence-electron chi connectivity index (χ0n) is 11.4. The number of fused-ring (bicyclic) bond motifs is 1. The molecular formula is C12H12BrF3N2O3S2. The molecule has 0 aromatic heterocycles. The molecule has 2 heterocycles. The van der Waals surface area contributed by atoms with Crippen LogP contribution in [0.1, 0.15) is 0 Å². The third kappa shape index (κ3) is 3.94. The SMILES string of the molecule is Br.N=C1SC2CS(=O)(=O)CC2N1c1ccc(OC(F)(F)F)cc1. The maximum atomic E-state index is 12.1. The van der Waals surface area contributed by atoms with Crippen molar-refractivity contribution in [2.24, 2.45) is 0 Å². The molecule has 11 heteroatoms. The van der Waals surface area contributed by atoms with Crippen molar-refractivity contribution in [3.63, 3.8) is 0 Å². The van der Waals surface area contributed by atoms with Crippen LogP contribution in [-0.4, -0.2) is 42.7 Å². The van der Waals surface area contributed by atoms with Gasteiger partial charge in [-0.25, -0.2) is 8.42 Å². The van der Waals surface area contributed by atoms with Gasteiger partial charge in [-0.1, -0.05) is 11.8 Å². The largest absolute Gasteiger partial charge is 0.573 e. The molecule has 2 atom stereocenters. The highest BCUT2D eigenvalue weighted by Gasteiger charge is 2.48. The Kier molecular flexibility index (Phi) is 4.94. The molecular weight excluding hydrogens is 421 g/mol.